The molecule has 0 aliphatic carbocycles. The van der Waals surface area contributed by atoms with Crippen LogP contribution in [-0.2, 0) is 92.6 Å². The zero-order chi connectivity index (χ0) is 57.0. The van der Waals surface area contributed by atoms with E-state index in [0.29, 0.717) is 0 Å². The van der Waals surface area contributed by atoms with E-state index in [2.05, 4.69) is 36.4 Å². The highest BCUT2D eigenvalue weighted by atomic mass is 16.8. The molecule has 2 fully saturated rings. The minimum absolute atomic E-state index is 0.00646. The molecule has 9 aromatic carbocycles. The Kier molecular flexibility index (Phi) is 20.7. The zero-order valence-corrected chi connectivity index (χ0v) is 46.9. The van der Waals surface area contributed by atoms with Crippen molar-refractivity contribution >= 4 is 0 Å². The van der Waals surface area contributed by atoms with Crippen molar-refractivity contribution in [2.45, 2.75) is 107 Å². The van der Waals surface area contributed by atoms with Crippen LogP contribution >= 0.6 is 0 Å². The summed E-state index contributed by atoms with van der Waals surface area (Å²) in [7, 11) is 0. The molecule has 2 heterocycles. The molecule has 1 unspecified atom stereocenters. The van der Waals surface area contributed by atoms with Crippen molar-refractivity contribution in [3.8, 4) is 0 Å². The normalized spacial score (nSPS) is 22.5. The third-order valence-electron chi connectivity index (χ3n) is 15.3. The maximum atomic E-state index is 12.2. The molecule has 84 heavy (non-hydrogen) atoms. The second kappa shape index (κ2) is 29.9. The van der Waals surface area contributed by atoms with E-state index < -0.39 is 67.0 Å². The minimum Gasteiger partial charge on any atom is -0.374 e. The average molecular weight is 1130 g/mol. The Morgan fingerprint density at radius 1 is 0.298 bits per heavy atom. The highest BCUT2D eigenvalue weighted by Crippen LogP contribution is 2.43. The SMILES string of the molecule is O[C@H]1O[C@H](COCc2ccccc2)[C@@H](OC2O[C@H](COC(c3ccccc3)(c3ccccc3)c3ccccc3)[C@@H](OCc3ccccc3)[C@H](OCc3ccccc3)[C@H]2OCc2ccccc2)[C@H](OCc2ccccc2)[C@H]1OCc1ccccc1. The molecule has 0 amide bonds. The lowest BCUT2D eigenvalue weighted by Gasteiger charge is -2.50. The molecule has 2 aliphatic rings. The Bertz CT molecular complexity index is 3170. The predicted octanol–water partition coefficient (Wildman–Crippen LogP) is 13.0. The van der Waals surface area contributed by atoms with Crippen LogP contribution in [0.1, 0.15) is 50.1 Å². The average Bonchev–Trinajstić information content (AvgIpc) is 2.65. The van der Waals surface area contributed by atoms with E-state index in [1.54, 1.807) is 0 Å². The first-order valence-corrected chi connectivity index (χ1v) is 28.9. The van der Waals surface area contributed by atoms with Crippen LogP contribution in [0.4, 0.5) is 0 Å². The lowest BCUT2D eigenvalue weighted by molar-refractivity contribution is -0.375. The molecular formula is C73H72O11. The van der Waals surface area contributed by atoms with Crippen LogP contribution in [0.2, 0.25) is 0 Å². The molecule has 11 rings (SSSR count). The largest absolute Gasteiger partial charge is 0.374 e. The van der Waals surface area contributed by atoms with Crippen molar-refractivity contribution in [2.24, 2.45) is 0 Å². The number of aliphatic hydroxyl groups is 1. The molecule has 0 spiro atoms. The van der Waals surface area contributed by atoms with E-state index >= 15 is 0 Å². The van der Waals surface area contributed by atoms with Gasteiger partial charge in [-0.25, -0.2) is 0 Å². The summed E-state index contributed by atoms with van der Waals surface area (Å²) >= 11 is 0. The van der Waals surface area contributed by atoms with Gasteiger partial charge in [-0.1, -0.05) is 273 Å². The van der Waals surface area contributed by atoms with Crippen molar-refractivity contribution in [3.05, 3.63) is 323 Å². The Balaban J connectivity index is 1.04. The minimum atomic E-state index is -1.45. The molecule has 1 N–H and O–H groups in total. The molecule has 11 nitrogen and oxygen atoms in total. The van der Waals surface area contributed by atoms with Gasteiger partial charge in [-0.2, -0.15) is 0 Å². The first-order chi connectivity index (χ1) is 41.6. The van der Waals surface area contributed by atoms with Gasteiger partial charge in [-0.05, 0) is 50.1 Å². The van der Waals surface area contributed by atoms with Gasteiger partial charge in [0.05, 0.1) is 52.9 Å². The van der Waals surface area contributed by atoms with Gasteiger partial charge < -0.3 is 52.5 Å². The van der Waals surface area contributed by atoms with Crippen LogP contribution in [-0.4, -0.2) is 79.7 Å². The number of hydrogen-bond acceptors (Lipinski definition) is 11. The summed E-state index contributed by atoms with van der Waals surface area (Å²) in [5.74, 6) is 0. The molecule has 0 saturated carbocycles. The van der Waals surface area contributed by atoms with E-state index in [1.165, 1.54) is 0 Å². The smallest absolute Gasteiger partial charge is 0.187 e. The van der Waals surface area contributed by atoms with Crippen molar-refractivity contribution in [1.82, 2.24) is 0 Å². The van der Waals surface area contributed by atoms with E-state index in [0.717, 1.165) is 50.1 Å². The Labute approximate surface area is 493 Å². The molecule has 2 aliphatic heterocycles. The highest BCUT2D eigenvalue weighted by Gasteiger charge is 2.55. The van der Waals surface area contributed by atoms with Crippen molar-refractivity contribution in [2.75, 3.05) is 13.2 Å². The van der Waals surface area contributed by atoms with Gasteiger partial charge in [-0.3, -0.25) is 0 Å². The van der Waals surface area contributed by atoms with E-state index in [4.69, 9.17) is 47.4 Å². The van der Waals surface area contributed by atoms with Gasteiger partial charge in [0, 0.05) is 0 Å². The van der Waals surface area contributed by atoms with E-state index in [-0.39, 0.29) is 52.9 Å². The molecule has 0 radical (unpaired) electrons. The molecule has 10 atom stereocenters. The fourth-order valence-electron chi connectivity index (χ4n) is 11.1. The number of ether oxygens (including phenoxy) is 10. The van der Waals surface area contributed by atoms with Crippen LogP contribution in [0.3, 0.4) is 0 Å². The van der Waals surface area contributed by atoms with E-state index in [9.17, 15) is 5.11 Å². The Morgan fingerprint density at radius 3 is 0.976 bits per heavy atom. The zero-order valence-electron chi connectivity index (χ0n) is 46.9. The van der Waals surface area contributed by atoms with Crippen LogP contribution in [0, 0.1) is 0 Å². The number of aliphatic hydroxyl groups excluding tert-OH is 1. The molecule has 430 valence electrons. The third kappa shape index (κ3) is 15.1. The van der Waals surface area contributed by atoms with Crippen LogP contribution in [0.5, 0.6) is 0 Å². The van der Waals surface area contributed by atoms with Gasteiger partial charge in [0.1, 0.15) is 54.4 Å². The van der Waals surface area contributed by atoms with Gasteiger partial charge in [0.15, 0.2) is 12.6 Å². The van der Waals surface area contributed by atoms with Crippen LogP contribution in [0.25, 0.3) is 0 Å². The van der Waals surface area contributed by atoms with Crippen LogP contribution in [0.15, 0.2) is 273 Å². The summed E-state index contributed by atoms with van der Waals surface area (Å²) in [6.45, 7) is 1.18. The second-order valence-electron chi connectivity index (χ2n) is 21.1. The lowest BCUT2D eigenvalue weighted by Crippen LogP contribution is -2.66. The summed E-state index contributed by atoms with van der Waals surface area (Å²) < 4.78 is 71.5. The molecule has 0 aromatic heterocycles. The first-order valence-electron chi connectivity index (χ1n) is 28.9. The van der Waals surface area contributed by atoms with Gasteiger partial charge >= 0.3 is 0 Å². The van der Waals surface area contributed by atoms with Crippen LogP contribution < -0.4 is 0 Å². The number of rotatable bonds is 27. The van der Waals surface area contributed by atoms with Gasteiger partial charge in [-0.15, -0.1) is 0 Å². The summed E-state index contributed by atoms with van der Waals surface area (Å²) in [5, 5.41) is 12.2. The molecular weight excluding hydrogens is 1050 g/mol. The van der Waals surface area contributed by atoms with Crippen molar-refractivity contribution in [1.29, 1.82) is 0 Å². The summed E-state index contributed by atoms with van der Waals surface area (Å²) in [4.78, 5) is 0. The topological polar surface area (TPSA) is 113 Å². The second-order valence-corrected chi connectivity index (χ2v) is 21.1. The molecule has 9 aromatic rings. The number of hydrogen-bond donors (Lipinski definition) is 1. The van der Waals surface area contributed by atoms with Crippen molar-refractivity contribution < 1.29 is 52.5 Å². The monoisotopic (exact) mass is 1120 g/mol. The molecule has 11 heteroatoms. The quantitative estimate of drug-likeness (QED) is 0.0497. The summed E-state index contributed by atoms with van der Waals surface area (Å²) in [6, 6.07) is 90.6. The molecule has 0 bridgehead atoms. The van der Waals surface area contributed by atoms with E-state index in [1.807, 2.05) is 237 Å². The maximum Gasteiger partial charge on any atom is 0.187 e. The van der Waals surface area contributed by atoms with Gasteiger partial charge in [0.25, 0.3) is 0 Å². The lowest BCUT2D eigenvalue weighted by atomic mass is 9.80. The maximum absolute atomic E-state index is 12.2. The third-order valence-corrected chi connectivity index (χ3v) is 15.3. The fraction of sp³-hybridized carbons (Fsp3) is 0.260. The Morgan fingerprint density at radius 2 is 0.595 bits per heavy atom. The first kappa shape index (κ1) is 58.3. The predicted molar refractivity (Wildman–Crippen MR) is 321 cm³/mol. The van der Waals surface area contributed by atoms with Gasteiger partial charge in [0.2, 0.25) is 0 Å². The fourth-order valence-corrected chi connectivity index (χ4v) is 11.1. The standard InChI is InChI=1S/C73H72O11/c74-71-69(79-50-58-36-18-5-19-37-58)68(78-49-57-34-16-4-17-35-57)66(63(82-71)52-75-46-54-28-10-1-11-29-54)84-72-70(80-51-59-38-20-6-21-39-59)67(77-48-56-32-14-3-15-33-56)65(76-47-55-30-12-2-13-31-55)64(83-72)53-81-73(60-40-22-7-23-41-60,61-42-24-8-25-43-61)62-44-26-9-27-45-62/h1-45,63-72,74H,46-53H2/t63-,64-,65-,66-,67+,68+,69-,70-,71+,72?/m1/s1. The number of benzene rings is 9. The summed E-state index contributed by atoms with van der Waals surface area (Å²) in [6.07, 6.45) is -10.2. The Hall–Kier alpha value is -7.46. The molecule has 2 saturated heterocycles. The summed E-state index contributed by atoms with van der Waals surface area (Å²) in [5.41, 5.74) is 7.26. The van der Waals surface area contributed by atoms with Crippen molar-refractivity contribution in [3.63, 3.8) is 0 Å². The highest BCUT2D eigenvalue weighted by molar-refractivity contribution is 5.47.